The summed E-state index contributed by atoms with van der Waals surface area (Å²) in [6.07, 6.45) is 4.47. The third kappa shape index (κ3) is 2.74. The van der Waals surface area contributed by atoms with Crippen LogP contribution < -0.4 is 4.90 Å². The first-order valence-corrected chi connectivity index (χ1v) is 8.50. The molecule has 1 saturated carbocycles. The van der Waals surface area contributed by atoms with E-state index in [2.05, 4.69) is 25.3 Å². The highest BCUT2D eigenvalue weighted by molar-refractivity contribution is 5.91. The van der Waals surface area contributed by atoms with E-state index in [1.54, 1.807) is 20.2 Å². The Hall–Kier alpha value is -2.44. The van der Waals surface area contributed by atoms with Crippen LogP contribution in [0, 0.1) is 0 Å². The lowest BCUT2D eigenvalue weighted by atomic mass is 10.1. The molecule has 1 aliphatic heterocycles. The molecule has 0 radical (unpaired) electrons. The van der Waals surface area contributed by atoms with E-state index in [1.165, 1.54) is 34.7 Å². The lowest BCUT2D eigenvalue weighted by Gasteiger charge is -2.21. The summed E-state index contributed by atoms with van der Waals surface area (Å²) in [5.41, 5.74) is 4.34. The van der Waals surface area contributed by atoms with Crippen molar-refractivity contribution in [3.63, 3.8) is 0 Å². The van der Waals surface area contributed by atoms with E-state index in [0.717, 1.165) is 31.7 Å². The van der Waals surface area contributed by atoms with Gasteiger partial charge >= 0.3 is 0 Å². The predicted molar refractivity (Wildman–Crippen MR) is 90.2 cm³/mol. The second kappa shape index (κ2) is 5.89. The first-order chi connectivity index (χ1) is 11.6. The van der Waals surface area contributed by atoms with Crippen molar-refractivity contribution in [1.29, 1.82) is 0 Å². The molecule has 3 heterocycles. The first-order valence-electron chi connectivity index (χ1n) is 8.50. The van der Waals surface area contributed by atoms with Crippen LogP contribution in [0.2, 0.25) is 0 Å². The van der Waals surface area contributed by atoms with Crippen molar-refractivity contribution in [2.24, 2.45) is 0 Å². The Morgan fingerprint density at radius 3 is 2.67 bits per heavy atom. The summed E-state index contributed by atoms with van der Waals surface area (Å²) in [5, 5.41) is 16.1. The van der Waals surface area contributed by atoms with Gasteiger partial charge in [-0.2, -0.15) is 5.10 Å². The fourth-order valence-corrected chi connectivity index (χ4v) is 3.27. The minimum absolute atomic E-state index is 0.125. The SMILES string of the molecule is CN(C)C(=O)c1ccc(N2CCc3[nH]nc(C4CC4)c3CC2)nn1. The predicted octanol–water partition coefficient (Wildman–Crippen LogP) is 1.38. The molecule has 0 aromatic carbocycles. The van der Waals surface area contributed by atoms with Gasteiger partial charge < -0.3 is 9.80 Å². The van der Waals surface area contributed by atoms with Crippen LogP contribution in [-0.4, -0.2) is 58.4 Å². The molecular weight excluding hydrogens is 304 g/mol. The van der Waals surface area contributed by atoms with E-state index in [4.69, 9.17) is 0 Å². The summed E-state index contributed by atoms with van der Waals surface area (Å²) in [7, 11) is 3.43. The quantitative estimate of drug-likeness (QED) is 0.922. The normalized spacial score (nSPS) is 17.3. The maximum absolute atomic E-state index is 11.9. The van der Waals surface area contributed by atoms with Gasteiger partial charge in [0.2, 0.25) is 0 Å². The van der Waals surface area contributed by atoms with E-state index >= 15 is 0 Å². The molecule has 1 aliphatic carbocycles. The van der Waals surface area contributed by atoms with Crippen LogP contribution in [0.25, 0.3) is 0 Å². The van der Waals surface area contributed by atoms with E-state index in [9.17, 15) is 4.79 Å². The average molecular weight is 326 g/mol. The molecule has 0 spiro atoms. The molecule has 7 heteroatoms. The number of aromatic amines is 1. The Kier molecular flexibility index (Phi) is 3.70. The largest absolute Gasteiger partial charge is 0.354 e. The molecule has 7 nitrogen and oxygen atoms in total. The molecule has 24 heavy (non-hydrogen) atoms. The number of amides is 1. The molecule has 0 unspecified atom stereocenters. The molecule has 0 saturated heterocycles. The minimum atomic E-state index is -0.125. The van der Waals surface area contributed by atoms with Crippen molar-refractivity contribution < 1.29 is 4.79 Å². The van der Waals surface area contributed by atoms with Crippen LogP contribution in [0.1, 0.15) is 46.2 Å². The topological polar surface area (TPSA) is 78.0 Å². The van der Waals surface area contributed by atoms with Gasteiger partial charge in [-0.15, -0.1) is 10.2 Å². The molecule has 2 aromatic rings. The summed E-state index contributed by atoms with van der Waals surface area (Å²) in [6.45, 7) is 1.79. The van der Waals surface area contributed by atoms with Crippen molar-refractivity contribution in [2.45, 2.75) is 31.6 Å². The number of nitrogens with one attached hydrogen (secondary N) is 1. The van der Waals surface area contributed by atoms with Gasteiger partial charge in [0.1, 0.15) is 0 Å². The zero-order chi connectivity index (χ0) is 16.7. The van der Waals surface area contributed by atoms with E-state index in [0.29, 0.717) is 11.6 Å². The third-order valence-corrected chi connectivity index (χ3v) is 4.81. The number of hydrogen-bond donors (Lipinski definition) is 1. The van der Waals surface area contributed by atoms with Crippen molar-refractivity contribution >= 4 is 11.7 Å². The molecule has 1 N–H and O–H groups in total. The summed E-state index contributed by atoms with van der Waals surface area (Å²) in [4.78, 5) is 15.7. The second-order valence-electron chi connectivity index (χ2n) is 6.80. The summed E-state index contributed by atoms with van der Waals surface area (Å²) >= 11 is 0. The number of hydrogen-bond acceptors (Lipinski definition) is 5. The Labute approximate surface area is 141 Å². The smallest absolute Gasteiger partial charge is 0.273 e. The van der Waals surface area contributed by atoms with Gasteiger partial charge in [-0.1, -0.05) is 0 Å². The Morgan fingerprint density at radius 1 is 1.21 bits per heavy atom. The van der Waals surface area contributed by atoms with Gasteiger partial charge in [0.05, 0.1) is 5.69 Å². The molecular formula is C17H22N6O. The molecule has 0 bridgehead atoms. The average Bonchev–Trinajstić information content (AvgIpc) is 3.39. The highest BCUT2D eigenvalue weighted by Gasteiger charge is 2.31. The maximum Gasteiger partial charge on any atom is 0.273 e. The van der Waals surface area contributed by atoms with Crippen LogP contribution in [0.5, 0.6) is 0 Å². The van der Waals surface area contributed by atoms with E-state index in [-0.39, 0.29) is 5.91 Å². The highest BCUT2D eigenvalue weighted by atomic mass is 16.2. The van der Waals surface area contributed by atoms with Gasteiger partial charge in [0.15, 0.2) is 11.5 Å². The zero-order valence-corrected chi connectivity index (χ0v) is 14.1. The second-order valence-corrected chi connectivity index (χ2v) is 6.80. The first kappa shape index (κ1) is 15.1. The zero-order valence-electron chi connectivity index (χ0n) is 14.1. The summed E-state index contributed by atoms with van der Waals surface area (Å²) < 4.78 is 0. The van der Waals surface area contributed by atoms with Crippen LogP contribution in [0.15, 0.2) is 12.1 Å². The number of carbonyl (C=O) groups excluding carboxylic acids is 1. The summed E-state index contributed by atoms with van der Waals surface area (Å²) in [6, 6.07) is 3.65. The number of fused-ring (bicyclic) bond motifs is 1. The molecule has 0 atom stereocenters. The Balaban J connectivity index is 1.49. The fraction of sp³-hybridized carbons (Fsp3) is 0.529. The van der Waals surface area contributed by atoms with Crippen molar-refractivity contribution in [2.75, 3.05) is 32.1 Å². The lowest BCUT2D eigenvalue weighted by molar-refractivity contribution is 0.0821. The highest BCUT2D eigenvalue weighted by Crippen LogP contribution is 2.41. The van der Waals surface area contributed by atoms with Gasteiger partial charge in [0, 0.05) is 45.2 Å². The molecule has 126 valence electrons. The van der Waals surface area contributed by atoms with Crippen molar-refractivity contribution in [1.82, 2.24) is 25.3 Å². The number of carbonyl (C=O) groups is 1. The number of nitrogens with zero attached hydrogens (tertiary/aromatic N) is 5. The van der Waals surface area contributed by atoms with E-state index < -0.39 is 0 Å². The summed E-state index contributed by atoms with van der Waals surface area (Å²) in [5.74, 6) is 1.38. The molecule has 2 aromatic heterocycles. The number of H-pyrrole nitrogens is 1. The number of aromatic nitrogens is 4. The van der Waals surface area contributed by atoms with Crippen LogP contribution in [0.3, 0.4) is 0 Å². The monoisotopic (exact) mass is 326 g/mol. The van der Waals surface area contributed by atoms with Gasteiger partial charge in [-0.3, -0.25) is 9.89 Å². The lowest BCUT2D eigenvalue weighted by Crippen LogP contribution is -2.28. The fourth-order valence-electron chi connectivity index (χ4n) is 3.27. The molecule has 1 fully saturated rings. The standard InChI is InChI=1S/C17H22N6O/c1-22(2)17(24)14-5-6-15(20-19-14)23-9-7-12-13(8-10-23)18-21-16(12)11-3-4-11/h5-6,11H,3-4,7-10H2,1-2H3,(H,18,21). The minimum Gasteiger partial charge on any atom is -0.354 e. The molecule has 2 aliphatic rings. The van der Waals surface area contributed by atoms with Crippen molar-refractivity contribution in [3.05, 3.63) is 34.8 Å². The third-order valence-electron chi connectivity index (χ3n) is 4.81. The molecule has 4 rings (SSSR count). The molecule has 1 amide bonds. The van der Waals surface area contributed by atoms with Gasteiger partial charge in [-0.25, -0.2) is 0 Å². The van der Waals surface area contributed by atoms with Crippen LogP contribution in [0.4, 0.5) is 5.82 Å². The maximum atomic E-state index is 11.9. The van der Waals surface area contributed by atoms with Crippen molar-refractivity contribution in [3.8, 4) is 0 Å². The van der Waals surface area contributed by atoms with Gasteiger partial charge in [0.25, 0.3) is 5.91 Å². The number of rotatable bonds is 3. The van der Waals surface area contributed by atoms with Crippen LogP contribution >= 0.6 is 0 Å². The van der Waals surface area contributed by atoms with Crippen LogP contribution in [-0.2, 0) is 12.8 Å². The Morgan fingerprint density at radius 2 is 2.00 bits per heavy atom. The van der Waals surface area contributed by atoms with Gasteiger partial charge in [-0.05, 0) is 37.0 Å². The van der Waals surface area contributed by atoms with E-state index in [1.807, 2.05) is 6.07 Å². The number of anilines is 1. The Bertz CT molecular complexity index is 747.